The maximum atomic E-state index is 12.5. The molecule has 30 heavy (non-hydrogen) atoms. The van der Waals surface area contributed by atoms with Crippen LogP contribution in [0.5, 0.6) is 0 Å². The smallest absolute Gasteiger partial charge is 0.273 e. The molecule has 2 aliphatic carbocycles. The summed E-state index contributed by atoms with van der Waals surface area (Å²) in [5.41, 5.74) is 1.99. The molecule has 0 spiro atoms. The summed E-state index contributed by atoms with van der Waals surface area (Å²) in [6.45, 7) is 8.89. The first kappa shape index (κ1) is 19.1. The standard InChI is InChI=1S/C21H27N7O2/c1-10-5-14(6-10)24-19(29)17-9-28(26-25-17)13(4)15-7-22-21(23-12(15)3)27-8-16-11(2)18(16)20(27)30/h7,9-11,13-14,16,18H,5-6,8H2,1-4H3,(H,24,29)/t10-,11-,13?,14-,16?,18?/m1/s1. The number of aryl methyl sites for hydroxylation is 1. The zero-order valence-corrected chi connectivity index (χ0v) is 17.7. The van der Waals surface area contributed by atoms with E-state index in [1.165, 1.54) is 0 Å². The van der Waals surface area contributed by atoms with Crippen molar-refractivity contribution >= 4 is 17.8 Å². The van der Waals surface area contributed by atoms with Crippen molar-refractivity contribution in [2.24, 2.45) is 23.7 Å². The molecule has 0 aromatic carbocycles. The van der Waals surface area contributed by atoms with Gasteiger partial charge in [-0.25, -0.2) is 14.6 Å². The topological polar surface area (TPSA) is 106 Å². The third kappa shape index (κ3) is 3.07. The first-order valence-electron chi connectivity index (χ1n) is 10.7. The van der Waals surface area contributed by atoms with E-state index in [1.54, 1.807) is 22.0 Å². The molecule has 1 aliphatic heterocycles. The Kier molecular flexibility index (Phi) is 4.37. The number of aromatic nitrogens is 5. The highest BCUT2D eigenvalue weighted by Gasteiger charge is 2.59. The van der Waals surface area contributed by atoms with E-state index >= 15 is 0 Å². The van der Waals surface area contributed by atoms with Crippen LogP contribution in [0.3, 0.4) is 0 Å². The van der Waals surface area contributed by atoms with Crippen LogP contribution in [0.15, 0.2) is 12.4 Å². The fourth-order valence-corrected chi connectivity index (χ4v) is 4.89. The number of nitrogens with zero attached hydrogens (tertiary/aromatic N) is 6. The van der Waals surface area contributed by atoms with Gasteiger partial charge in [-0.3, -0.25) is 14.5 Å². The largest absolute Gasteiger partial charge is 0.348 e. The van der Waals surface area contributed by atoms with Crippen LogP contribution in [-0.2, 0) is 4.79 Å². The highest BCUT2D eigenvalue weighted by Crippen LogP contribution is 2.52. The molecule has 1 N–H and O–H groups in total. The van der Waals surface area contributed by atoms with Crippen molar-refractivity contribution in [2.75, 3.05) is 11.4 Å². The van der Waals surface area contributed by atoms with Crippen LogP contribution in [0.2, 0.25) is 0 Å². The Morgan fingerprint density at radius 1 is 1.30 bits per heavy atom. The average Bonchev–Trinajstić information content (AvgIpc) is 3.04. The second kappa shape index (κ2) is 6.85. The number of hydrogen-bond acceptors (Lipinski definition) is 6. The minimum atomic E-state index is -0.186. The van der Waals surface area contributed by atoms with Crippen LogP contribution in [0.1, 0.15) is 61.4 Å². The fourth-order valence-electron chi connectivity index (χ4n) is 4.89. The highest BCUT2D eigenvalue weighted by atomic mass is 16.2. The van der Waals surface area contributed by atoms with Gasteiger partial charge < -0.3 is 5.32 Å². The van der Waals surface area contributed by atoms with Crippen LogP contribution in [0.4, 0.5) is 5.95 Å². The van der Waals surface area contributed by atoms with Crippen molar-refractivity contribution in [3.05, 3.63) is 29.3 Å². The van der Waals surface area contributed by atoms with Crippen molar-refractivity contribution in [2.45, 2.75) is 52.6 Å². The van der Waals surface area contributed by atoms with Gasteiger partial charge in [0.2, 0.25) is 11.9 Å². The molecular weight excluding hydrogens is 382 g/mol. The first-order chi connectivity index (χ1) is 14.3. The quantitative estimate of drug-likeness (QED) is 0.806. The number of carbonyl (C=O) groups excluding carboxylic acids is 2. The third-order valence-corrected chi connectivity index (χ3v) is 7.05. The third-order valence-electron chi connectivity index (χ3n) is 7.05. The molecule has 2 saturated carbocycles. The SMILES string of the molecule is Cc1nc(N2CC3C(C2=O)[C@@H]3C)ncc1C(C)n1cc(C(=O)N[C@H]2C[C@H](C)C2)nn1. The van der Waals surface area contributed by atoms with E-state index in [0.717, 1.165) is 24.1 Å². The molecule has 9 nitrogen and oxygen atoms in total. The van der Waals surface area contributed by atoms with Gasteiger partial charge in [-0.15, -0.1) is 5.10 Å². The normalized spacial score (nSPS) is 30.6. The monoisotopic (exact) mass is 409 g/mol. The summed E-state index contributed by atoms with van der Waals surface area (Å²) in [5, 5.41) is 11.2. The molecular formula is C21H27N7O2. The summed E-state index contributed by atoms with van der Waals surface area (Å²) in [6, 6.07) is 0.0557. The van der Waals surface area contributed by atoms with Crippen LogP contribution in [0, 0.1) is 30.6 Å². The van der Waals surface area contributed by atoms with Gasteiger partial charge in [-0.05, 0) is 44.4 Å². The number of piperidine rings is 1. The van der Waals surface area contributed by atoms with E-state index in [-0.39, 0.29) is 29.8 Å². The molecule has 1 saturated heterocycles. The molecule has 4 atom stereocenters. The van der Waals surface area contributed by atoms with Gasteiger partial charge in [0, 0.05) is 36.0 Å². The highest BCUT2D eigenvalue weighted by molar-refractivity contribution is 5.98. The zero-order valence-electron chi connectivity index (χ0n) is 17.7. The van der Waals surface area contributed by atoms with Crippen molar-refractivity contribution in [1.29, 1.82) is 0 Å². The molecule has 5 rings (SSSR count). The van der Waals surface area contributed by atoms with Gasteiger partial charge in [0.25, 0.3) is 5.91 Å². The lowest BCUT2D eigenvalue weighted by molar-refractivity contribution is -0.119. The number of carbonyl (C=O) groups is 2. The molecule has 3 fully saturated rings. The Hall–Kier alpha value is -2.84. The average molecular weight is 409 g/mol. The van der Waals surface area contributed by atoms with Gasteiger partial charge in [-0.2, -0.15) is 0 Å². The molecule has 0 radical (unpaired) electrons. The van der Waals surface area contributed by atoms with E-state index in [4.69, 9.17) is 0 Å². The van der Waals surface area contributed by atoms with Gasteiger partial charge in [0.1, 0.15) is 0 Å². The maximum Gasteiger partial charge on any atom is 0.273 e. The van der Waals surface area contributed by atoms with Crippen LogP contribution in [0.25, 0.3) is 0 Å². The Morgan fingerprint density at radius 2 is 2.07 bits per heavy atom. The van der Waals surface area contributed by atoms with E-state index in [9.17, 15) is 9.59 Å². The minimum absolute atomic E-state index is 0.139. The number of nitrogens with one attached hydrogen (secondary N) is 1. The summed E-state index contributed by atoms with van der Waals surface area (Å²) in [5.74, 6) is 2.18. The van der Waals surface area contributed by atoms with E-state index in [1.807, 2.05) is 13.8 Å². The predicted octanol–water partition coefficient (Wildman–Crippen LogP) is 1.74. The number of anilines is 1. The lowest BCUT2D eigenvalue weighted by Crippen LogP contribution is -2.43. The number of amides is 2. The number of hydrogen-bond donors (Lipinski definition) is 1. The lowest BCUT2D eigenvalue weighted by Gasteiger charge is -2.32. The molecule has 9 heteroatoms. The van der Waals surface area contributed by atoms with Gasteiger partial charge in [0.05, 0.1) is 12.2 Å². The Labute approximate surface area is 175 Å². The fraction of sp³-hybridized carbons (Fsp3) is 0.619. The molecule has 0 bridgehead atoms. The molecule has 3 heterocycles. The Morgan fingerprint density at radius 3 is 2.70 bits per heavy atom. The summed E-state index contributed by atoms with van der Waals surface area (Å²) < 4.78 is 1.65. The summed E-state index contributed by atoms with van der Waals surface area (Å²) >= 11 is 0. The van der Waals surface area contributed by atoms with Crippen molar-refractivity contribution in [3.63, 3.8) is 0 Å². The number of fused-ring (bicyclic) bond motifs is 1. The summed E-state index contributed by atoms with van der Waals surface area (Å²) in [4.78, 5) is 35.6. The van der Waals surface area contributed by atoms with Crippen molar-refractivity contribution in [1.82, 2.24) is 30.3 Å². The van der Waals surface area contributed by atoms with E-state index in [0.29, 0.717) is 35.9 Å². The molecule has 158 valence electrons. The zero-order chi connectivity index (χ0) is 21.2. The van der Waals surface area contributed by atoms with Gasteiger partial charge in [0.15, 0.2) is 5.69 Å². The Bertz CT molecular complexity index is 1010. The molecule has 2 aromatic rings. The van der Waals surface area contributed by atoms with E-state index in [2.05, 4.69) is 39.4 Å². The van der Waals surface area contributed by atoms with Crippen LogP contribution >= 0.6 is 0 Å². The molecule has 2 aromatic heterocycles. The van der Waals surface area contributed by atoms with Crippen molar-refractivity contribution < 1.29 is 9.59 Å². The minimum Gasteiger partial charge on any atom is -0.348 e. The molecule has 3 unspecified atom stereocenters. The predicted molar refractivity (Wildman–Crippen MR) is 109 cm³/mol. The van der Waals surface area contributed by atoms with Crippen LogP contribution in [-0.4, -0.2) is 49.4 Å². The van der Waals surface area contributed by atoms with Gasteiger partial charge in [-0.1, -0.05) is 19.1 Å². The molecule has 2 amide bonds. The second-order valence-corrected chi connectivity index (χ2v) is 9.22. The maximum absolute atomic E-state index is 12.5. The summed E-state index contributed by atoms with van der Waals surface area (Å²) in [7, 11) is 0. The van der Waals surface area contributed by atoms with Crippen molar-refractivity contribution in [3.8, 4) is 0 Å². The van der Waals surface area contributed by atoms with Crippen LogP contribution < -0.4 is 10.2 Å². The second-order valence-electron chi connectivity index (χ2n) is 9.22. The van der Waals surface area contributed by atoms with E-state index < -0.39 is 0 Å². The van der Waals surface area contributed by atoms with Gasteiger partial charge >= 0.3 is 0 Å². The molecule has 3 aliphatic rings. The Balaban J connectivity index is 1.28. The first-order valence-corrected chi connectivity index (χ1v) is 10.7. The number of rotatable bonds is 5. The summed E-state index contributed by atoms with van der Waals surface area (Å²) in [6.07, 6.45) is 5.44. The lowest BCUT2D eigenvalue weighted by atomic mass is 9.82.